The quantitative estimate of drug-likeness (QED) is 0.335. The van der Waals surface area contributed by atoms with E-state index in [1.165, 1.54) is 44.9 Å². The maximum atomic E-state index is 11.0. The molecule has 0 aliphatic rings. The molecular weight excluding hydrogens is 388 g/mol. The van der Waals surface area contributed by atoms with E-state index in [0.29, 0.717) is 13.0 Å². The highest BCUT2D eigenvalue weighted by molar-refractivity contribution is 5.69. The minimum atomic E-state index is -0.768. The van der Waals surface area contributed by atoms with Crippen LogP contribution < -0.4 is 9.64 Å². The monoisotopic (exact) mass is 426 g/mol. The second kappa shape index (κ2) is 14.4. The summed E-state index contributed by atoms with van der Waals surface area (Å²) < 4.78 is 5.95. The van der Waals surface area contributed by atoms with Crippen molar-refractivity contribution < 1.29 is 14.6 Å². The van der Waals surface area contributed by atoms with Crippen molar-refractivity contribution in [3.8, 4) is 5.75 Å². The zero-order valence-electron chi connectivity index (χ0n) is 19.1. The predicted octanol–water partition coefficient (Wildman–Crippen LogP) is 5.98. The SMILES string of the molecule is CCCCCCCCCN(CCOc1ccc(CC(C)C(=O)O)cc1)c1ccccn1. The lowest BCUT2D eigenvalue weighted by Gasteiger charge is -2.24. The number of anilines is 1. The second-order valence-electron chi connectivity index (χ2n) is 8.23. The molecule has 1 unspecified atom stereocenters. The number of carboxylic acids is 1. The molecule has 0 saturated carbocycles. The van der Waals surface area contributed by atoms with E-state index in [1.54, 1.807) is 6.92 Å². The van der Waals surface area contributed by atoms with Crippen molar-refractivity contribution in [2.24, 2.45) is 5.92 Å². The van der Waals surface area contributed by atoms with Gasteiger partial charge < -0.3 is 14.7 Å². The third kappa shape index (κ3) is 9.86. The molecule has 1 atom stereocenters. The summed E-state index contributed by atoms with van der Waals surface area (Å²) in [4.78, 5) is 17.8. The van der Waals surface area contributed by atoms with Gasteiger partial charge in [-0.3, -0.25) is 4.79 Å². The number of carboxylic acid groups (broad SMARTS) is 1. The summed E-state index contributed by atoms with van der Waals surface area (Å²) in [7, 11) is 0. The largest absolute Gasteiger partial charge is 0.492 e. The van der Waals surface area contributed by atoms with Gasteiger partial charge in [0.1, 0.15) is 18.2 Å². The number of rotatable bonds is 16. The zero-order valence-corrected chi connectivity index (χ0v) is 19.1. The van der Waals surface area contributed by atoms with Crippen LogP contribution in [0, 0.1) is 5.92 Å². The lowest BCUT2D eigenvalue weighted by atomic mass is 10.0. The molecule has 0 spiro atoms. The van der Waals surface area contributed by atoms with E-state index in [0.717, 1.165) is 30.2 Å². The van der Waals surface area contributed by atoms with Gasteiger partial charge in [0.05, 0.1) is 12.5 Å². The van der Waals surface area contributed by atoms with Crippen molar-refractivity contribution >= 4 is 11.8 Å². The average molecular weight is 427 g/mol. The van der Waals surface area contributed by atoms with Crippen LogP contribution in [0.5, 0.6) is 5.75 Å². The molecule has 0 fully saturated rings. The summed E-state index contributed by atoms with van der Waals surface area (Å²) in [6.07, 6.45) is 11.4. The van der Waals surface area contributed by atoms with Crippen LogP contribution in [0.15, 0.2) is 48.7 Å². The van der Waals surface area contributed by atoms with Crippen LogP contribution in [0.3, 0.4) is 0 Å². The van der Waals surface area contributed by atoms with Crippen LogP contribution in [-0.2, 0) is 11.2 Å². The number of aromatic nitrogens is 1. The molecule has 170 valence electrons. The van der Waals surface area contributed by atoms with Crippen LogP contribution in [0.25, 0.3) is 0 Å². The van der Waals surface area contributed by atoms with Gasteiger partial charge >= 0.3 is 5.97 Å². The fraction of sp³-hybridized carbons (Fsp3) is 0.538. The van der Waals surface area contributed by atoms with E-state index in [9.17, 15) is 4.79 Å². The topological polar surface area (TPSA) is 62.7 Å². The van der Waals surface area contributed by atoms with Gasteiger partial charge in [0.25, 0.3) is 0 Å². The highest BCUT2D eigenvalue weighted by atomic mass is 16.5. The van der Waals surface area contributed by atoms with E-state index >= 15 is 0 Å². The summed E-state index contributed by atoms with van der Waals surface area (Å²) in [5.41, 5.74) is 1.01. The van der Waals surface area contributed by atoms with E-state index in [-0.39, 0.29) is 5.92 Å². The second-order valence-corrected chi connectivity index (χ2v) is 8.23. The Labute approximate surface area is 187 Å². The lowest BCUT2D eigenvalue weighted by Crippen LogP contribution is -2.30. The molecule has 2 aromatic rings. The predicted molar refractivity (Wildman–Crippen MR) is 127 cm³/mol. The summed E-state index contributed by atoms with van der Waals surface area (Å²) in [6.45, 7) is 6.33. The number of benzene rings is 1. The molecule has 0 radical (unpaired) electrons. The first-order valence-corrected chi connectivity index (χ1v) is 11.7. The molecule has 0 aliphatic heterocycles. The van der Waals surface area contributed by atoms with Crippen LogP contribution in [-0.4, -0.2) is 35.8 Å². The molecule has 0 bridgehead atoms. The Morgan fingerprint density at radius 2 is 1.71 bits per heavy atom. The molecule has 0 aliphatic carbocycles. The van der Waals surface area contributed by atoms with Crippen molar-refractivity contribution in [2.75, 3.05) is 24.6 Å². The van der Waals surface area contributed by atoms with Crippen molar-refractivity contribution in [2.45, 2.75) is 65.2 Å². The summed E-state index contributed by atoms with van der Waals surface area (Å²) >= 11 is 0. The Balaban J connectivity index is 1.78. The third-order valence-corrected chi connectivity index (χ3v) is 5.52. The summed E-state index contributed by atoms with van der Waals surface area (Å²) in [5, 5.41) is 9.05. The number of aliphatic carboxylic acids is 1. The molecule has 1 N–H and O–H groups in total. The van der Waals surface area contributed by atoms with Crippen molar-refractivity contribution in [1.29, 1.82) is 0 Å². The van der Waals surface area contributed by atoms with E-state index in [4.69, 9.17) is 9.84 Å². The molecular formula is C26H38N2O3. The Kier molecular flexibility index (Phi) is 11.5. The molecule has 0 amide bonds. The average Bonchev–Trinajstić information content (AvgIpc) is 2.79. The number of ether oxygens (including phenoxy) is 1. The van der Waals surface area contributed by atoms with Gasteiger partial charge in [-0.1, -0.05) is 70.6 Å². The summed E-state index contributed by atoms with van der Waals surface area (Å²) in [5.74, 6) is 0.653. The first-order chi connectivity index (χ1) is 15.1. The first-order valence-electron chi connectivity index (χ1n) is 11.7. The third-order valence-electron chi connectivity index (χ3n) is 5.52. The maximum Gasteiger partial charge on any atom is 0.306 e. The van der Waals surface area contributed by atoms with Crippen molar-refractivity contribution in [3.63, 3.8) is 0 Å². The van der Waals surface area contributed by atoms with Gasteiger partial charge in [-0.15, -0.1) is 0 Å². The first kappa shape index (κ1) is 24.7. The molecule has 5 heteroatoms. The molecule has 1 heterocycles. The van der Waals surface area contributed by atoms with Crippen LogP contribution in [0.1, 0.15) is 64.4 Å². The molecule has 1 aromatic carbocycles. The van der Waals surface area contributed by atoms with Crippen molar-refractivity contribution in [3.05, 3.63) is 54.2 Å². The van der Waals surface area contributed by atoms with E-state index in [1.807, 2.05) is 42.6 Å². The Morgan fingerprint density at radius 3 is 2.35 bits per heavy atom. The number of hydrogen-bond acceptors (Lipinski definition) is 4. The zero-order chi connectivity index (χ0) is 22.3. The number of unbranched alkanes of at least 4 members (excludes halogenated alkanes) is 6. The minimum absolute atomic E-state index is 0.384. The smallest absolute Gasteiger partial charge is 0.306 e. The molecule has 1 aromatic heterocycles. The van der Waals surface area contributed by atoms with E-state index in [2.05, 4.69) is 22.9 Å². The minimum Gasteiger partial charge on any atom is -0.492 e. The number of pyridine rings is 1. The van der Waals surface area contributed by atoms with Gasteiger partial charge in [0.2, 0.25) is 0 Å². The fourth-order valence-corrected chi connectivity index (χ4v) is 3.58. The molecule has 2 rings (SSSR count). The number of carbonyl (C=O) groups is 1. The molecule has 0 saturated heterocycles. The Hall–Kier alpha value is -2.56. The van der Waals surface area contributed by atoms with Gasteiger partial charge in [0.15, 0.2) is 0 Å². The van der Waals surface area contributed by atoms with Crippen LogP contribution in [0.2, 0.25) is 0 Å². The Bertz CT molecular complexity index is 734. The number of nitrogens with zero attached hydrogens (tertiary/aromatic N) is 2. The van der Waals surface area contributed by atoms with Crippen LogP contribution in [0.4, 0.5) is 5.82 Å². The van der Waals surface area contributed by atoms with Gasteiger partial charge in [-0.25, -0.2) is 4.98 Å². The van der Waals surface area contributed by atoms with Crippen LogP contribution >= 0.6 is 0 Å². The van der Waals surface area contributed by atoms with E-state index < -0.39 is 5.97 Å². The summed E-state index contributed by atoms with van der Waals surface area (Å²) in [6, 6.07) is 13.8. The highest BCUT2D eigenvalue weighted by Gasteiger charge is 2.12. The van der Waals surface area contributed by atoms with Gasteiger partial charge in [-0.2, -0.15) is 0 Å². The standard InChI is InChI=1S/C26H38N2O3/c1-3-4-5-6-7-8-11-18-28(25-12-9-10-17-27-25)19-20-31-24-15-13-23(14-16-24)21-22(2)26(29)30/h9-10,12-17,22H,3-8,11,18-21H2,1-2H3,(H,29,30). The highest BCUT2D eigenvalue weighted by Crippen LogP contribution is 2.17. The normalized spacial score (nSPS) is 11.8. The Morgan fingerprint density at radius 1 is 1.00 bits per heavy atom. The molecule has 5 nitrogen and oxygen atoms in total. The van der Waals surface area contributed by atoms with Crippen molar-refractivity contribution in [1.82, 2.24) is 4.98 Å². The molecule has 31 heavy (non-hydrogen) atoms. The number of hydrogen-bond donors (Lipinski definition) is 1. The van der Waals surface area contributed by atoms with Gasteiger partial charge in [0, 0.05) is 12.7 Å². The fourth-order valence-electron chi connectivity index (χ4n) is 3.58. The van der Waals surface area contributed by atoms with Gasteiger partial charge in [-0.05, 0) is 42.7 Å². The lowest BCUT2D eigenvalue weighted by molar-refractivity contribution is -0.141. The maximum absolute atomic E-state index is 11.0.